The SMILES string of the molecule is C=Cn1cc(CN=[N+]=[N-])nc1CC. The fourth-order valence-electron chi connectivity index (χ4n) is 1.09. The summed E-state index contributed by atoms with van der Waals surface area (Å²) in [6.45, 7) is 5.96. The molecule has 1 aromatic rings. The largest absolute Gasteiger partial charge is 0.311 e. The summed E-state index contributed by atoms with van der Waals surface area (Å²) in [4.78, 5) is 6.94. The quantitative estimate of drug-likeness (QED) is 0.395. The van der Waals surface area contributed by atoms with Crippen molar-refractivity contribution < 1.29 is 0 Å². The molecule has 0 aliphatic carbocycles. The number of azide groups is 1. The smallest absolute Gasteiger partial charge is 0.112 e. The van der Waals surface area contributed by atoms with Crippen molar-refractivity contribution in [1.82, 2.24) is 9.55 Å². The molecule has 1 rings (SSSR count). The van der Waals surface area contributed by atoms with Crippen LogP contribution in [-0.2, 0) is 13.0 Å². The molecule has 1 heterocycles. The Bertz CT molecular complexity index is 345. The summed E-state index contributed by atoms with van der Waals surface area (Å²) < 4.78 is 1.84. The summed E-state index contributed by atoms with van der Waals surface area (Å²) in [5.74, 6) is 0.929. The molecule has 0 fully saturated rings. The van der Waals surface area contributed by atoms with Crippen molar-refractivity contribution in [3.8, 4) is 0 Å². The molecule has 0 N–H and O–H groups in total. The Hall–Kier alpha value is -1.74. The third kappa shape index (κ3) is 2.10. The molecule has 13 heavy (non-hydrogen) atoms. The number of hydrogen-bond donors (Lipinski definition) is 0. The van der Waals surface area contributed by atoms with Gasteiger partial charge in [0.15, 0.2) is 0 Å². The summed E-state index contributed by atoms with van der Waals surface area (Å²) in [6.07, 6.45) is 4.34. The van der Waals surface area contributed by atoms with Gasteiger partial charge in [-0.2, -0.15) is 0 Å². The first-order valence-electron chi connectivity index (χ1n) is 4.01. The van der Waals surface area contributed by atoms with E-state index in [1.807, 2.05) is 17.7 Å². The van der Waals surface area contributed by atoms with Gasteiger partial charge >= 0.3 is 0 Å². The van der Waals surface area contributed by atoms with Crippen molar-refractivity contribution >= 4 is 6.20 Å². The highest BCUT2D eigenvalue weighted by Gasteiger charge is 2.02. The molecule has 0 radical (unpaired) electrons. The summed E-state index contributed by atoms with van der Waals surface area (Å²) in [7, 11) is 0. The van der Waals surface area contributed by atoms with Gasteiger partial charge in [-0.3, -0.25) is 0 Å². The van der Waals surface area contributed by atoms with Crippen molar-refractivity contribution in [2.24, 2.45) is 5.11 Å². The first-order chi connectivity index (χ1) is 6.31. The van der Waals surface area contributed by atoms with E-state index in [-0.39, 0.29) is 0 Å². The van der Waals surface area contributed by atoms with Crippen LogP contribution in [0.1, 0.15) is 18.4 Å². The summed E-state index contributed by atoms with van der Waals surface area (Å²) >= 11 is 0. The predicted molar refractivity (Wildman–Crippen MR) is 50.8 cm³/mol. The van der Waals surface area contributed by atoms with Gasteiger partial charge in [0.1, 0.15) is 5.82 Å². The Morgan fingerprint density at radius 3 is 3.08 bits per heavy atom. The minimum Gasteiger partial charge on any atom is -0.311 e. The van der Waals surface area contributed by atoms with E-state index >= 15 is 0 Å². The lowest BCUT2D eigenvalue weighted by atomic mass is 10.4. The molecule has 0 saturated carbocycles. The fourth-order valence-corrected chi connectivity index (χ4v) is 1.09. The van der Waals surface area contributed by atoms with E-state index in [0.29, 0.717) is 6.54 Å². The highest BCUT2D eigenvalue weighted by Crippen LogP contribution is 2.05. The average Bonchev–Trinajstić information content (AvgIpc) is 2.57. The van der Waals surface area contributed by atoms with Crippen LogP contribution in [-0.4, -0.2) is 9.55 Å². The number of aryl methyl sites for hydroxylation is 1. The normalized spacial score (nSPS) is 9.31. The maximum Gasteiger partial charge on any atom is 0.112 e. The molecule has 68 valence electrons. The second-order valence-electron chi connectivity index (χ2n) is 2.48. The zero-order valence-corrected chi connectivity index (χ0v) is 7.51. The molecule has 0 unspecified atom stereocenters. The number of hydrogen-bond acceptors (Lipinski definition) is 2. The lowest BCUT2D eigenvalue weighted by Crippen LogP contribution is -1.91. The zero-order chi connectivity index (χ0) is 9.68. The summed E-state index contributed by atoms with van der Waals surface area (Å²) in [5, 5.41) is 3.44. The molecule has 0 amide bonds. The lowest BCUT2D eigenvalue weighted by molar-refractivity contribution is 0.911. The van der Waals surface area contributed by atoms with Crippen LogP contribution in [0.15, 0.2) is 17.9 Å². The Labute approximate surface area is 76.3 Å². The van der Waals surface area contributed by atoms with Gasteiger partial charge in [-0.25, -0.2) is 4.98 Å². The van der Waals surface area contributed by atoms with Crippen molar-refractivity contribution in [2.45, 2.75) is 19.9 Å². The van der Waals surface area contributed by atoms with Crippen molar-refractivity contribution in [3.63, 3.8) is 0 Å². The van der Waals surface area contributed by atoms with Crippen LogP contribution in [0.25, 0.3) is 16.6 Å². The number of aromatic nitrogens is 2. The molecule has 0 aromatic carbocycles. The highest BCUT2D eigenvalue weighted by atomic mass is 15.1. The van der Waals surface area contributed by atoms with Crippen LogP contribution in [0, 0.1) is 0 Å². The van der Waals surface area contributed by atoms with Gasteiger partial charge in [-0.05, 0) is 5.53 Å². The number of imidazole rings is 1. The minimum atomic E-state index is 0.296. The van der Waals surface area contributed by atoms with Crippen LogP contribution in [0.4, 0.5) is 0 Å². The van der Waals surface area contributed by atoms with Gasteiger partial charge < -0.3 is 4.57 Å². The van der Waals surface area contributed by atoms with Gasteiger partial charge in [-0.1, -0.05) is 18.6 Å². The first-order valence-corrected chi connectivity index (χ1v) is 4.01. The maximum absolute atomic E-state index is 8.12. The monoisotopic (exact) mass is 177 g/mol. The second-order valence-corrected chi connectivity index (χ2v) is 2.48. The van der Waals surface area contributed by atoms with Crippen molar-refractivity contribution in [3.05, 3.63) is 34.7 Å². The number of nitrogens with zero attached hydrogens (tertiary/aromatic N) is 5. The van der Waals surface area contributed by atoms with E-state index in [1.54, 1.807) is 6.20 Å². The lowest BCUT2D eigenvalue weighted by Gasteiger charge is -1.94. The molecular formula is C8H11N5. The van der Waals surface area contributed by atoms with Crippen LogP contribution >= 0.6 is 0 Å². The third-order valence-electron chi connectivity index (χ3n) is 1.67. The van der Waals surface area contributed by atoms with E-state index in [2.05, 4.69) is 21.6 Å². The minimum absolute atomic E-state index is 0.296. The molecule has 1 aromatic heterocycles. The van der Waals surface area contributed by atoms with Crippen LogP contribution in [0.2, 0.25) is 0 Å². The third-order valence-corrected chi connectivity index (χ3v) is 1.67. The van der Waals surface area contributed by atoms with Gasteiger partial charge in [0.2, 0.25) is 0 Å². The predicted octanol–water partition coefficient (Wildman–Crippen LogP) is 2.36. The Kier molecular flexibility index (Phi) is 3.11. The van der Waals surface area contributed by atoms with E-state index in [0.717, 1.165) is 17.9 Å². The molecule has 0 aliphatic rings. The van der Waals surface area contributed by atoms with Crippen molar-refractivity contribution in [1.29, 1.82) is 0 Å². The summed E-state index contributed by atoms with van der Waals surface area (Å²) in [6, 6.07) is 0. The average molecular weight is 177 g/mol. The number of rotatable bonds is 4. The van der Waals surface area contributed by atoms with E-state index in [4.69, 9.17) is 5.53 Å². The highest BCUT2D eigenvalue weighted by molar-refractivity contribution is 5.22. The Balaban J connectivity index is 2.91. The fraction of sp³-hybridized carbons (Fsp3) is 0.375. The van der Waals surface area contributed by atoms with Crippen LogP contribution < -0.4 is 0 Å². The first kappa shape index (κ1) is 9.35. The van der Waals surface area contributed by atoms with Gasteiger partial charge in [0.25, 0.3) is 0 Å². The van der Waals surface area contributed by atoms with Gasteiger partial charge in [0, 0.05) is 23.7 Å². The van der Waals surface area contributed by atoms with E-state index in [9.17, 15) is 0 Å². The molecule has 5 heteroatoms. The molecule has 0 spiro atoms. The molecule has 5 nitrogen and oxygen atoms in total. The van der Waals surface area contributed by atoms with Crippen LogP contribution in [0.3, 0.4) is 0 Å². The van der Waals surface area contributed by atoms with E-state index < -0.39 is 0 Å². The molecule has 0 aliphatic heterocycles. The second kappa shape index (κ2) is 4.33. The topological polar surface area (TPSA) is 66.6 Å². The molecule has 0 atom stereocenters. The molecule has 0 bridgehead atoms. The zero-order valence-electron chi connectivity index (χ0n) is 7.51. The standard InChI is InChI=1S/C8H11N5/c1-3-8-11-7(5-10-12-9)6-13(8)4-2/h4,6H,2-3,5H2,1H3. The van der Waals surface area contributed by atoms with Crippen molar-refractivity contribution in [2.75, 3.05) is 0 Å². The maximum atomic E-state index is 8.12. The van der Waals surface area contributed by atoms with Gasteiger partial charge in [0.05, 0.1) is 12.2 Å². The summed E-state index contributed by atoms with van der Waals surface area (Å²) in [5.41, 5.74) is 8.89. The Morgan fingerprint density at radius 2 is 2.62 bits per heavy atom. The molecule has 0 saturated heterocycles. The molecular weight excluding hydrogens is 166 g/mol. The van der Waals surface area contributed by atoms with Gasteiger partial charge in [-0.15, -0.1) is 0 Å². The van der Waals surface area contributed by atoms with Crippen LogP contribution in [0.5, 0.6) is 0 Å². The van der Waals surface area contributed by atoms with E-state index in [1.165, 1.54) is 0 Å². The Morgan fingerprint density at radius 1 is 1.85 bits per heavy atom.